The number of carboxylic acids is 1. The average molecular weight is 635 g/mol. The van der Waals surface area contributed by atoms with Crippen molar-refractivity contribution in [2.24, 2.45) is 5.92 Å². The van der Waals surface area contributed by atoms with Crippen molar-refractivity contribution < 1.29 is 24.2 Å². The van der Waals surface area contributed by atoms with Gasteiger partial charge in [0.15, 0.2) is 5.69 Å². The fourth-order valence-corrected chi connectivity index (χ4v) is 6.47. The predicted octanol–water partition coefficient (Wildman–Crippen LogP) is 7.31. The van der Waals surface area contributed by atoms with E-state index in [2.05, 4.69) is 15.3 Å². The van der Waals surface area contributed by atoms with E-state index < -0.39 is 17.7 Å². The van der Waals surface area contributed by atoms with Crippen LogP contribution in [0.1, 0.15) is 64.6 Å². The fraction of sp³-hybridized carbons (Fsp3) is 0.364. The molecule has 2 aromatic carbocycles. The molecule has 4 aromatic rings. The van der Waals surface area contributed by atoms with Gasteiger partial charge in [-0.05, 0) is 64.5 Å². The zero-order valence-corrected chi connectivity index (χ0v) is 27.4. The minimum Gasteiger partial charge on any atom is -0.476 e. The molecule has 1 fully saturated rings. The van der Waals surface area contributed by atoms with Crippen LogP contribution >= 0.6 is 22.7 Å². The number of carbonyl (C=O) groups excluding carboxylic acids is 2. The average Bonchev–Trinajstić information content (AvgIpc) is 3.62. The third-order valence-electron chi connectivity index (χ3n) is 6.78. The molecule has 2 N–H and O–H groups in total. The normalized spacial score (nSPS) is 13.3. The number of aryl methyl sites for hydroxylation is 2. The number of amides is 2. The summed E-state index contributed by atoms with van der Waals surface area (Å²) in [6.45, 7) is 9.58. The molecule has 1 unspecified atom stereocenters. The summed E-state index contributed by atoms with van der Waals surface area (Å²) in [6.07, 6.45) is 1.65. The maximum Gasteiger partial charge on any atom is 0.407 e. The molecule has 5 rings (SSSR count). The summed E-state index contributed by atoms with van der Waals surface area (Å²) < 4.78 is 5.33. The maximum atomic E-state index is 13.3. The lowest BCUT2D eigenvalue weighted by Crippen LogP contribution is -2.47. The largest absolute Gasteiger partial charge is 0.476 e. The Morgan fingerprint density at radius 1 is 0.909 bits per heavy atom. The van der Waals surface area contributed by atoms with Gasteiger partial charge in [-0.25, -0.2) is 19.6 Å². The quantitative estimate of drug-likeness (QED) is 0.208. The maximum absolute atomic E-state index is 13.3. The molecule has 1 aliphatic rings. The zero-order valence-electron chi connectivity index (χ0n) is 25.8. The van der Waals surface area contributed by atoms with Gasteiger partial charge in [-0.3, -0.25) is 4.79 Å². The molecule has 11 heteroatoms. The van der Waals surface area contributed by atoms with E-state index in [9.17, 15) is 14.4 Å². The van der Waals surface area contributed by atoms with E-state index in [1.807, 2.05) is 95.3 Å². The smallest absolute Gasteiger partial charge is 0.407 e. The molecule has 0 aliphatic heterocycles. The van der Waals surface area contributed by atoms with E-state index in [0.717, 1.165) is 43.7 Å². The van der Waals surface area contributed by atoms with Crippen LogP contribution in [-0.4, -0.2) is 63.2 Å². The fourth-order valence-electron chi connectivity index (χ4n) is 4.63. The third kappa shape index (κ3) is 8.73. The SMILES string of the molecule is Cc1nc(C(=O)N(C)C(CNC(=O)OC(C)(C)C)C2CC2)c(-c2ccccc2)s1.Cc1nc(C(=O)O)c(-c2ccccc2)s1. The second kappa shape index (κ2) is 14.1. The van der Waals surface area contributed by atoms with Gasteiger partial charge in [0.1, 0.15) is 11.3 Å². The van der Waals surface area contributed by atoms with Gasteiger partial charge < -0.3 is 20.1 Å². The summed E-state index contributed by atoms with van der Waals surface area (Å²) >= 11 is 2.93. The molecule has 0 radical (unpaired) electrons. The van der Waals surface area contributed by atoms with E-state index in [1.54, 1.807) is 11.9 Å². The Morgan fingerprint density at radius 2 is 1.39 bits per heavy atom. The highest BCUT2D eigenvalue weighted by molar-refractivity contribution is 7.15. The van der Waals surface area contributed by atoms with Crippen LogP contribution in [0.3, 0.4) is 0 Å². The molecule has 1 atom stereocenters. The van der Waals surface area contributed by atoms with Gasteiger partial charge in [-0.2, -0.15) is 0 Å². The van der Waals surface area contributed by atoms with Crippen molar-refractivity contribution in [1.29, 1.82) is 0 Å². The molecule has 44 heavy (non-hydrogen) atoms. The van der Waals surface area contributed by atoms with Gasteiger partial charge in [-0.15, -0.1) is 22.7 Å². The molecular weight excluding hydrogens is 597 g/mol. The molecule has 2 aromatic heterocycles. The van der Waals surface area contributed by atoms with Gasteiger partial charge in [0, 0.05) is 13.6 Å². The topological polar surface area (TPSA) is 122 Å². The van der Waals surface area contributed by atoms with Crippen LogP contribution < -0.4 is 5.32 Å². The highest BCUT2D eigenvalue weighted by Crippen LogP contribution is 2.37. The Bertz CT molecular complexity index is 1590. The van der Waals surface area contributed by atoms with E-state index in [-0.39, 0.29) is 17.6 Å². The summed E-state index contributed by atoms with van der Waals surface area (Å²) in [7, 11) is 1.80. The highest BCUT2D eigenvalue weighted by atomic mass is 32.1. The van der Waals surface area contributed by atoms with Crippen molar-refractivity contribution in [3.8, 4) is 20.9 Å². The van der Waals surface area contributed by atoms with Crippen molar-refractivity contribution in [2.45, 2.75) is 59.1 Å². The first-order valence-corrected chi connectivity index (χ1v) is 16.0. The van der Waals surface area contributed by atoms with Gasteiger partial charge in [-0.1, -0.05) is 60.7 Å². The number of ether oxygens (including phenoxy) is 1. The molecule has 1 aliphatic carbocycles. The Balaban J connectivity index is 0.000000246. The monoisotopic (exact) mass is 634 g/mol. The Hall–Kier alpha value is -4.09. The Labute approximate surface area is 265 Å². The lowest BCUT2D eigenvalue weighted by Gasteiger charge is -2.29. The van der Waals surface area contributed by atoms with Crippen LogP contribution in [0.25, 0.3) is 20.9 Å². The lowest BCUT2D eigenvalue weighted by atomic mass is 10.1. The molecule has 2 heterocycles. The summed E-state index contributed by atoms with van der Waals surface area (Å²) in [4.78, 5) is 48.2. The molecule has 9 nitrogen and oxygen atoms in total. The molecule has 1 saturated carbocycles. The lowest BCUT2D eigenvalue weighted by molar-refractivity contribution is 0.0490. The van der Waals surface area contributed by atoms with Gasteiger partial charge in [0.2, 0.25) is 0 Å². The number of thiazole rings is 2. The number of aromatic carboxylic acids is 1. The number of carboxylic acid groups (broad SMARTS) is 1. The van der Waals surface area contributed by atoms with E-state index in [4.69, 9.17) is 9.84 Å². The highest BCUT2D eigenvalue weighted by Gasteiger charge is 2.37. The van der Waals surface area contributed by atoms with Crippen LogP contribution in [-0.2, 0) is 4.74 Å². The molecule has 2 amide bonds. The van der Waals surface area contributed by atoms with Crippen molar-refractivity contribution in [1.82, 2.24) is 20.2 Å². The number of hydrogen-bond acceptors (Lipinski definition) is 8. The van der Waals surface area contributed by atoms with Crippen LogP contribution in [0.5, 0.6) is 0 Å². The summed E-state index contributed by atoms with van der Waals surface area (Å²) in [5.41, 5.74) is 1.96. The number of nitrogens with one attached hydrogen (secondary N) is 1. The number of hydrogen-bond donors (Lipinski definition) is 2. The van der Waals surface area contributed by atoms with E-state index in [1.165, 1.54) is 22.7 Å². The van der Waals surface area contributed by atoms with Crippen LogP contribution in [0.4, 0.5) is 4.79 Å². The van der Waals surface area contributed by atoms with Gasteiger partial charge in [0.05, 0.1) is 25.8 Å². The van der Waals surface area contributed by atoms with Crippen molar-refractivity contribution in [3.63, 3.8) is 0 Å². The summed E-state index contributed by atoms with van der Waals surface area (Å²) in [5.74, 6) is -0.701. The van der Waals surface area contributed by atoms with Crippen molar-refractivity contribution in [3.05, 3.63) is 82.1 Å². The van der Waals surface area contributed by atoms with Gasteiger partial charge in [0.25, 0.3) is 5.91 Å². The number of nitrogens with zero attached hydrogens (tertiary/aromatic N) is 3. The molecular formula is C33H38N4O5S2. The first-order valence-electron chi connectivity index (χ1n) is 14.4. The van der Waals surface area contributed by atoms with Crippen LogP contribution in [0.15, 0.2) is 60.7 Å². The van der Waals surface area contributed by atoms with E-state index in [0.29, 0.717) is 18.2 Å². The molecule has 0 spiro atoms. The first kappa shape index (κ1) is 32.8. The minimum atomic E-state index is -0.974. The first-order chi connectivity index (χ1) is 20.8. The number of rotatable bonds is 8. The van der Waals surface area contributed by atoms with Crippen LogP contribution in [0, 0.1) is 19.8 Å². The summed E-state index contributed by atoms with van der Waals surface area (Å²) in [5, 5.41) is 13.4. The van der Waals surface area contributed by atoms with Crippen LogP contribution in [0.2, 0.25) is 0 Å². The number of alkyl carbamates (subject to hydrolysis) is 1. The third-order valence-corrected chi connectivity index (χ3v) is 8.82. The van der Waals surface area contributed by atoms with Gasteiger partial charge >= 0.3 is 12.1 Å². The van der Waals surface area contributed by atoms with E-state index >= 15 is 0 Å². The minimum absolute atomic E-state index is 0.0827. The van der Waals surface area contributed by atoms with Crippen molar-refractivity contribution in [2.75, 3.05) is 13.6 Å². The molecule has 232 valence electrons. The van der Waals surface area contributed by atoms with Crippen molar-refractivity contribution >= 4 is 40.6 Å². The number of aromatic nitrogens is 2. The second-order valence-electron chi connectivity index (χ2n) is 11.6. The Morgan fingerprint density at radius 3 is 1.84 bits per heavy atom. The number of likely N-dealkylation sites (N-methyl/N-ethyl adjacent to an activating group) is 1. The summed E-state index contributed by atoms with van der Waals surface area (Å²) in [6, 6.07) is 19.2. The second-order valence-corrected chi connectivity index (χ2v) is 14.0. The molecule has 0 saturated heterocycles. The predicted molar refractivity (Wildman–Crippen MR) is 174 cm³/mol. The number of benzene rings is 2. The number of carbonyl (C=O) groups is 3. The zero-order chi connectivity index (χ0) is 32.0. The molecule has 0 bridgehead atoms. The standard InChI is InChI=1S/C22H29N3O3S.C11H9NO2S/c1-14-24-18(19(29-14)16-9-7-6-8-10-16)20(26)25(5)17(15-11-12-15)13-23-21(27)28-22(2,3)4;1-7-12-9(11(13)14)10(15-7)8-5-3-2-4-6-8/h6-10,15,17H,11-13H2,1-5H3,(H,23,27);2-6H,1H3,(H,13,14). The Kier molecular flexibility index (Phi) is 10.5.